The molecule has 1 N–H and O–H groups in total. The summed E-state index contributed by atoms with van der Waals surface area (Å²) in [5.74, 6) is 1.08. The molecule has 36 heavy (non-hydrogen) atoms. The highest BCUT2D eigenvalue weighted by Gasteiger charge is 2.23. The third kappa shape index (κ3) is 5.36. The standard InChI is InChI=1S/C28H26N6O2/c29-15-23-5-4-13-30-27(23)19-36-25-10-8-22(9-11-25)26-18-34(20-32-26)28(35)31-16-21-12-14-33(17-21)24-6-2-1-3-7-24/h1-11,13,18,20-21H,12,14,16-17,19H2,(H,31,35). The second-order valence-corrected chi connectivity index (χ2v) is 8.71. The van der Waals surface area contributed by atoms with Crippen LogP contribution < -0.4 is 15.0 Å². The summed E-state index contributed by atoms with van der Waals surface area (Å²) in [4.78, 5) is 23.6. The van der Waals surface area contributed by atoms with Gasteiger partial charge in [-0.05, 0) is 60.9 Å². The number of nitriles is 1. The lowest BCUT2D eigenvalue weighted by atomic mass is 10.1. The Morgan fingerprint density at radius 2 is 1.92 bits per heavy atom. The largest absolute Gasteiger partial charge is 0.487 e. The predicted molar refractivity (Wildman–Crippen MR) is 137 cm³/mol. The van der Waals surface area contributed by atoms with Crippen LogP contribution in [0.3, 0.4) is 0 Å². The van der Waals surface area contributed by atoms with E-state index in [2.05, 4.69) is 50.5 Å². The van der Waals surface area contributed by atoms with E-state index >= 15 is 0 Å². The first-order chi connectivity index (χ1) is 17.7. The molecule has 3 heterocycles. The zero-order valence-corrected chi connectivity index (χ0v) is 19.7. The molecule has 8 nitrogen and oxygen atoms in total. The van der Waals surface area contributed by atoms with Crippen molar-refractivity contribution in [1.82, 2.24) is 19.9 Å². The number of benzene rings is 2. The minimum absolute atomic E-state index is 0.185. The van der Waals surface area contributed by atoms with Crippen molar-refractivity contribution in [2.75, 3.05) is 24.5 Å². The van der Waals surface area contributed by atoms with E-state index < -0.39 is 0 Å². The van der Waals surface area contributed by atoms with E-state index in [1.165, 1.54) is 16.6 Å². The number of para-hydroxylation sites is 1. The van der Waals surface area contributed by atoms with Crippen LogP contribution in [0.2, 0.25) is 0 Å². The average molecular weight is 479 g/mol. The van der Waals surface area contributed by atoms with Crippen LogP contribution >= 0.6 is 0 Å². The number of amides is 1. The quantitative estimate of drug-likeness (QED) is 0.421. The van der Waals surface area contributed by atoms with Gasteiger partial charge in [0.1, 0.15) is 24.8 Å². The maximum atomic E-state index is 12.7. The van der Waals surface area contributed by atoms with E-state index in [0.29, 0.717) is 35.2 Å². The smallest absolute Gasteiger partial charge is 0.326 e. The average Bonchev–Trinajstić information content (AvgIpc) is 3.62. The third-order valence-electron chi connectivity index (χ3n) is 6.30. The van der Waals surface area contributed by atoms with E-state index in [0.717, 1.165) is 25.1 Å². The van der Waals surface area contributed by atoms with E-state index in [9.17, 15) is 10.1 Å². The molecule has 1 amide bonds. The lowest BCUT2D eigenvalue weighted by Crippen LogP contribution is -2.33. The van der Waals surface area contributed by atoms with E-state index in [-0.39, 0.29) is 12.6 Å². The van der Waals surface area contributed by atoms with Gasteiger partial charge in [0, 0.05) is 43.3 Å². The van der Waals surface area contributed by atoms with Gasteiger partial charge in [-0.25, -0.2) is 9.78 Å². The van der Waals surface area contributed by atoms with Crippen LogP contribution in [0.1, 0.15) is 17.7 Å². The van der Waals surface area contributed by atoms with E-state index in [1.54, 1.807) is 24.5 Å². The zero-order valence-electron chi connectivity index (χ0n) is 19.7. The molecule has 180 valence electrons. The number of hydrogen-bond acceptors (Lipinski definition) is 6. The molecule has 0 spiro atoms. The summed E-state index contributed by atoms with van der Waals surface area (Å²) < 4.78 is 7.26. The normalized spacial score (nSPS) is 14.9. The Balaban J connectivity index is 1.13. The molecule has 1 aliphatic rings. The number of ether oxygens (including phenoxy) is 1. The van der Waals surface area contributed by atoms with Crippen molar-refractivity contribution in [2.45, 2.75) is 13.0 Å². The number of nitrogens with zero attached hydrogens (tertiary/aromatic N) is 5. The highest BCUT2D eigenvalue weighted by atomic mass is 16.5. The Bertz CT molecular complexity index is 1360. The Kier molecular flexibility index (Phi) is 6.90. The van der Waals surface area contributed by atoms with Crippen LogP contribution in [-0.2, 0) is 6.61 Å². The summed E-state index contributed by atoms with van der Waals surface area (Å²) in [5.41, 5.74) is 3.90. The molecule has 1 aliphatic heterocycles. The Morgan fingerprint density at radius 3 is 2.72 bits per heavy atom. The lowest BCUT2D eigenvalue weighted by Gasteiger charge is -2.18. The first kappa shape index (κ1) is 23.1. The number of carbonyl (C=O) groups is 1. The monoisotopic (exact) mass is 478 g/mol. The van der Waals surface area contributed by atoms with Crippen molar-refractivity contribution in [1.29, 1.82) is 5.26 Å². The van der Waals surface area contributed by atoms with Gasteiger partial charge in [0.15, 0.2) is 0 Å². The van der Waals surface area contributed by atoms with Gasteiger partial charge in [0.25, 0.3) is 0 Å². The summed E-state index contributed by atoms with van der Waals surface area (Å²) in [6.45, 7) is 2.78. The predicted octanol–water partition coefficient (Wildman–Crippen LogP) is 4.48. The van der Waals surface area contributed by atoms with Gasteiger partial charge in [-0.2, -0.15) is 5.26 Å². The highest BCUT2D eigenvalue weighted by molar-refractivity contribution is 5.78. The second kappa shape index (κ2) is 10.7. The topological polar surface area (TPSA) is 96.1 Å². The third-order valence-corrected chi connectivity index (χ3v) is 6.30. The molecule has 1 fully saturated rings. The van der Waals surface area contributed by atoms with Gasteiger partial charge in [-0.15, -0.1) is 0 Å². The molecule has 0 radical (unpaired) electrons. The Hall–Kier alpha value is -4.64. The van der Waals surface area contributed by atoms with E-state index in [1.807, 2.05) is 30.3 Å². The zero-order chi connectivity index (χ0) is 24.7. The van der Waals surface area contributed by atoms with Crippen molar-refractivity contribution >= 4 is 11.7 Å². The molecule has 0 aliphatic carbocycles. The number of imidazole rings is 1. The molecule has 8 heteroatoms. The van der Waals surface area contributed by atoms with Crippen molar-refractivity contribution in [3.63, 3.8) is 0 Å². The van der Waals surface area contributed by atoms with Crippen LogP contribution in [0.5, 0.6) is 5.75 Å². The van der Waals surface area contributed by atoms with Gasteiger partial charge < -0.3 is 15.0 Å². The first-order valence-electron chi connectivity index (χ1n) is 11.9. The fourth-order valence-corrected chi connectivity index (χ4v) is 4.31. The molecule has 2 aromatic heterocycles. The van der Waals surface area contributed by atoms with Crippen LogP contribution in [0, 0.1) is 17.2 Å². The molecule has 2 aromatic carbocycles. The minimum Gasteiger partial charge on any atom is -0.487 e. The van der Waals surface area contributed by atoms with Crippen LogP contribution in [0.15, 0.2) is 85.5 Å². The lowest BCUT2D eigenvalue weighted by molar-refractivity contribution is 0.240. The molecule has 1 unspecified atom stereocenters. The highest BCUT2D eigenvalue weighted by Crippen LogP contribution is 2.24. The fourth-order valence-electron chi connectivity index (χ4n) is 4.31. The molecule has 0 saturated carbocycles. The van der Waals surface area contributed by atoms with Crippen molar-refractivity contribution in [3.8, 4) is 23.1 Å². The van der Waals surface area contributed by atoms with Crippen LogP contribution in [-0.4, -0.2) is 40.2 Å². The maximum absolute atomic E-state index is 12.7. The number of hydrogen-bond donors (Lipinski definition) is 1. The minimum atomic E-state index is -0.185. The van der Waals surface area contributed by atoms with Gasteiger partial charge in [0.2, 0.25) is 0 Å². The number of anilines is 1. The number of carbonyl (C=O) groups excluding carboxylic acids is 1. The summed E-state index contributed by atoms with van der Waals surface area (Å²) in [5, 5.41) is 12.2. The second-order valence-electron chi connectivity index (χ2n) is 8.71. The molecule has 1 atom stereocenters. The number of aromatic nitrogens is 3. The van der Waals surface area contributed by atoms with Gasteiger partial charge in [-0.1, -0.05) is 18.2 Å². The van der Waals surface area contributed by atoms with Gasteiger partial charge >= 0.3 is 6.03 Å². The summed E-state index contributed by atoms with van der Waals surface area (Å²) in [6, 6.07) is 23.2. The Labute approximate surface area is 209 Å². The molecule has 5 rings (SSSR count). The summed E-state index contributed by atoms with van der Waals surface area (Å²) in [6.07, 6.45) is 5.95. The number of nitrogens with one attached hydrogen (secondary N) is 1. The molecular formula is C28H26N6O2. The Morgan fingerprint density at radius 1 is 1.08 bits per heavy atom. The SMILES string of the molecule is N#Cc1cccnc1COc1ccc(-c2cn(C(=O)NCC3CCN(c4ccccc4)C3)cn2)cc1. The first-order valence-corrected chi connectivity index (χ1v) is 11.9. The van der Waals surface area contributed by atoms with Crippen molar-refractivity contribution in [2.24, 2.45) is 5.92 Å². The fraction of sp³-hybridized carbons (Fsp3) is 0.214. The van der Waals surface area contributed by atoms with Crippen molar-refractivity contribution in [3.05, 3.63) is 96.7 Å². The van der Waals surface area contributed by atoms with Gasteiger partial charge in [0.05, 0.1) is 17.0 Å². The van der Waals surface area contributed by atoms with Crippen molar-refractivity contribution < 1.29 is 9.53 Å². The molecule has 0 bridgehead atoms. The summed E-state index contributed by atoms with van der Waals surface area (Å²) >= 11 is 0. The number of rotatable bonds is 7. The van der Waals surface area contributed by atoms with Crippen LogP contribution in [0.25, 0.3) is 11.3 Å². The maximum Gasteiger partial charge on any atom is 0.326 e. The van der Waals surface area contributed by atoms with Gasteiger partial charge in [-0.3, -0.25) is 9.55 Å². The van der Waals surface area contributed by atoms with E-state index in [4.69, 9.17) is 4.74 Å². The molecular weight excluding hydrogens is 452 g/mol. The number of pyridine rings is 1. The van der Waals surface area contributed by atoms with Crippen LogP contribution in [0.4, 0.5) is 10.5 Å². The summed E-state index contributed by atoms with van der Waals surface area (Å²) in [7, 11) is 0. The molecule has 1 saturated heterocycles. The molecule has 4 aromatic rings.